The Morgan fingerprint density at radius 2 is 1.82 bits per heavy atom. The van der Waals surface area contributed by atoms with Crippen LogP contribution >= 0.6 is 0 Å². The molecule has 6 heteroatoms. The summed E-state index contributed by atoms with van der Waals surface area (Å²) in [6, 6.07) is 5.29. The minimum atomic E-state index is -0.490. The second-order valence-corrected chi connectivity index (χ2v) is 7.03. The van der Waals surface area contributed by atoms with Crippen molar-refractivity contribution in [3.05, 3.63) is 23.8 Å². The normalized spacial score (nSPS) is 22.6. The first-order valence-corrected chi connectivity index (χ1v) is 7.66. The van der Waals surface area contributed by atoms with E-state index in [1.807, 2.05) is 33.8 Å². The van der Waals surface area contributed by atoms with Crippen LogP contribution in [0.4, 0.5) is 0 Å². The SMILES string of the molecule is CC1(C)OB(c2ccc(C(N)=O)c(OC3CC3)c2)OC1(C)C. The fraction of sp³-hybridized carbons (Fsp3) is 0.562. The van der Waals surface area contributed by atoms with Gasteiger partial charge < -0.3 is 19.8 Å². The molecule has 1 aliphatic carbocycles. The summed E-state index contributed by atoms with van der Waals surface area (Å²) in [4.78, 5) is 11.5. The van der Waals surface area contributed by atoms with Gasteiger partial charge in [-0.25, -0.2) is 0 Å². The van der Waals surface area contributed by atoms with Gasteiger partial charge in [-0.2, -0.15) is 0 Å². The van der Waals surface area contributed by atoms with Crippen molar-refractivity contribution in [3.63, 3.8) is 0 Å². The lowest BCUT2D eigenvalue weighted by atomic mass is 9.78. The van der Waals surface area contributed by atoms with Crippen molar-refractivity contribution in [2.75, 3.05) is 0 Å². The van der Waals surface area contributed by atoms with Crippen LogP contribution in [0.2, 0.25) is 0 Å². The first kappa shape index (κ1) is 15.4. The van der Waals surface area contributed by atoms with Crippen molar-refractivity contribution in [1.29, 1.82) is 0 Å². The molecular weight excluding hydrogens is 281 g/mol. The van der Waals surface area contributed by atoms with Crippen molar-refractivity contribution in [1.82, 2.24) is 0 Å². The van der Waals surface area contributed by atoms with Gasteiger partial charge in [0.15, 0.2) is 0 Å². The van der Waals surface area contributed by atoms with E-state index in [0.29, 0.717) is 11.3 Å². The van der Waals surface area contributed by atoms with E-state index in [9.17, 15) is 4.79 Å². The number of amides is 1. The molecule has 1 saturated carbocycles. The smallest absolute Gasteiger partial charge is 0.490 e. The quantitative estimate of drug-likeness (QED) is 0.858. The van der Waals surface area contributed by atoms with Crippen molar-refractivity contribution >= 4 is 18.5 Å². The van der Waals surface area contributed by atoms with Gasteiger partial charge in [-0.15, -0.1) is 0 Å². The number of ether oxygens (including phenoxy) is 1. The lowest BCUT2D eigenvalue weighted by Crippen LogP contribution is -2.41. The van der Waals surface area contributed by atoms with E-state index >= 15 is 0 Å². The molecule has 2 N–H and O–H groups in total. The minimum Gasteiger partial charge on any atom is -0.490 e. The Hall–Kier alpha value is -1.53. The largest absolute Gasteiger partial charge is 0.494 e. The summed E-state index contributed by atoms with van der Waals surface area (Å²) in [7, 11) is -0.478. The number of rotatable bonds is 4. The first-order valence-electron chi connectivity index (χ1n) is 7.66. The van der Waals surface area contributed by atoms with Crippen molar-refractivity contribution in [2.24, 2.45) is 5.73 Å². The van der Waals surface area contributed by atoms with Gasteiger partial charge >= 0.3 is 7.12 Å². The summed E-state index contributed by atoms with van der Waals surface area (Å²) < 4.78 is 17.9. The van der Waals surface area contributed by atoms with Crippen LogP contribution in [-0.4, -0.2) is 30.3 Å². The summed E-state index contributed by atoms with van der Waals surface area (Å²) in [6.45, 7) is 8.03. The van der Waals surface area contributed by atoms with E-state index in [1.165, 1.54) is 0 Å². The maximum atomic E-state index is 11.5. The molecule has 5 nitrogen and oxygen atoms in total. The van der Waals surface area contributed by atoms with Gasteiger partial charge in [0.1, 0.15) is 5.75 Å². The van der Waals surface area contributed by atoms with Crippen LogP contribution < -0.4 is 15.9 Å². The highest BCUT2D eigenvalue weighted by atomic mass is 16.7. The molecule has 0 radical (unpaired) electrons. The second-order valence-electron chi connectivity index (χ2n) is 7.03. The molecule has 118 valence electrons. The third kappa shape index (κ3) is 2.73. The summed E-state index contributed by atoms with van der Waals surface area (Å²) in [5.41, 5.74) is 5.84. The molecule has 1 heterocycles. The zero-order valence-electron chi connectivity index (χ0n) is 13.5. The molecule has 1 aromatic carbocycles. The molecule has 1 aliphatic heterocycles. The zero-order valence-corrected chi connectivity index (χ0v) is 13.5. The molecule has 0 aromatic heterocycles. The third-order valence-corrected chi connectivity index (χ3v) is 4.61. The van der Waals surface area contributed by atoms with Gasteiger partial charge in [0.25, 0.3) is 5.91 Å². The second kappa shape index (κ2) is 5.00. The molecule has 0 unspecified atom stereocenters. The van der Waals surface area contributed by atoms with Crippen LogP contribution in [-0.2, 0) is 9.31 Å². The van der Waals surface area contributed by atoms with E-state index in [2.05, 4.69) is 0 Å². The molecule has 0 bridgehead atoms. The van der Waals surface area contributed by atoms with E-state index < -0.39 is 24.2 Å². The van der Waals surface area contributed by atoms with Crippen molar-refractivity contribution < 1.29 is 18.8 Å². The van der Waals surface area contributed by atoms with Crippen LogP contribution in [0, 0.1) is 0 Å². The monoisotopic (exact) mass is 303 g/mol. The number of benzene rings is 1. The van der Waals surface area contributed by atoms with E-state index in [1.54, 1.807) is 12.1 Å². The van der Waals surface area contributed by atoms with Gasteiger partial charge in [-0.3, -0.25) is 4.79 Å². The maximum Gasteiger partial charge on any atom is 0.494 e. The summed E-state index contributed by atoms with van der Waals surface area (Å²) in [6.07, 6.45) is 2.21. The van der Waals surface area contributed by atoms with Gasteiger partial charge in [0.2, 0.25) is 0 Å². The Bertz CT molecular complexity index is 594. The fourth-order valence-corrected chi connectivity index (χ4v) is 2.33. The van der Waals surface area contributed by atoms with Gasteiger partial charge in [-0.1, -0.05) is 6.07 Å². The molecular formula is C16H22BNO4. The van der Waals surface area contributed by atoms with Crippen LogP contribution in [0.3, 0.4) is 0 Å². The van der Waals surface area contributed by atoms with Gasteiger partial charge in [0.05, 0.1) is 22.9 Å². The molecule has 0 atom stereocenters. The minimum absolute atomic E-state index is 0.187. The number of hydrogen-bond acceptors (Lipinski definition) is 4. The fourth-order valence-electron chi connectivity index (χ4n) is 2.33. The Kier molecular flexibility index (Phi) is 3.49. The van der Waals surface area contributed by atoms with Gasteiger partial charge in [-0.05, 0) is 58.1 Å². The van der Waals surface area contributed by atoms with Crippen LogP contribution in [0.25, 0.3) is 0 Å². The highest BCUT2D eigenvalue weighted by molar-refractivity contribution is 6.62. The lowest BCUT2D eigenvalue weighted by molar-refractivity contribution is 0.00578. The average molecular weight is 303 g/mol. The molecule has 1 aromatic rings. The van der Waals surface area contributed by atoms with Gasteiger partial charge in [0, 0.05) is 0 Å². The number of primary amides is 1. The average Bonchev–Trinajstić information content (AvgIpc) is 3.17. The van der Waals surface area contributed by atoms with Crippen LogP contribution in [0.5, 0.6) is 5.75 Å². The van der Waals surface area contributed by atoms with E-state index in [4.69, 9.17) is 19.8 Å². The topological polar surface area (TPSA) is 70.8 Å². The predicted octanol–water partition coefficient (Wildman–Crippen LogP) is 1.63. The third-order valence-electron chi connectivity index (χ3n) is 4.61. The highest BCUT2D eigenvalue weighted by Crippen LogP contribution is 2.37. The number of carbonyl (C=O) groups excluding carboxylic acids is 1. The summed E-state index contributed by atoms with van der Waals surface area (Å²) >= 11 is 0. The lowest BCUT2D eigenvalue weighted by Gasteiger charge is -2.32. The molecule has 2 fully saturated rings. The zero-order chi connectivity index (χ0) is 16.1. The number of carbonyl (C=O) groups is 1. The Balaban J connectivity index is 1.90. The van der Waals surface area contributed by atoms with Crippen molar-refractivity contribution in [2.45, 2.75) is 57.8 Å². The first-order chi connectivity index (χ1) is 10.2. The van der Waals surface area contributed by atoms with Crippen LogP contribution in [0.1, 0.15) is 50.9 Å². The maximum absolute atomic E-state index is 11.5. The predicted molar refractivity (Wildman–Crippen MR) is 84.3 cm³/mol. The Morgan fingerprint density at radius 3 is 2.32 bits per heavy atom. The standard InChI is InChI=1S/C16H22BNO4/c1-15(2)16(3,4)22-17(21-15)10-5-8-12(14(18)19)13(9-10)20-11-6-7-11/h5,8-9,11H,6-7H2,1-4H3,(H2,18,19). The molecule has 0 spiro atoms. The number of nitrogens with two attached hydrogens (primary N) is 1. The summed E-state index contributed by atoms with van der Waals surface area (Å²) in [5.74, 6) is 0.0262. The number of hydrogen-bond donors (Lipinski definition) is 1. The molecule has 1 saturated heterocycles. The van der Waals surface area contributed by atoms with E-state index in [0.717, 1.165) is 18.3 Å². The molecule has 1 amide bonds. The van der Waals surface area contributed by atoms with E-state index in [-0.39, 0.29) is 6.10 Å². The Labute approximate surface area is 131 Å². The van der Waals surface area contributed by atoms with Crippen molar-refractivity contribution in [3.8, 4) is 5.75 Å². The highest BCUT2D eigenvalue weighted by Gasteiger charge is 2.51. The molecule has 3 rings (SSSR count). The molecule has 2 aliphatic rings. The summed E-state index contributed by atoms with van der Waals surface area (Å²) in [5, 5.41) is 0. The Morgan fingerprint density at radius 1 is 1.23 bits per heavy atom. The van der Waals surface area contributed by atoms with Crippen LogP contribution in [0.15, 0.2) is 18.2 Å². The molecule has 22 heavy (non-hydrogen) atoms.